The second kappa shape index (κ2) is 7.58. The Balaban J connectivity index is 1.43. The number of nitrogens with one attached hydrogen (secondary N) is 1. The number of hydrogen-bond donors (Lipinski definition) is 1. The fourth-order valence-corrected chi connectivity index (χ4v) is 4.01. The molecule has 0 radical (unpaired) electrons. The number of amides is 3. The number of non-ortho nitro benzene ring substituents is 1. The van der Waals surface area contributed by atoms with E-state index in [4.69, 9.17) is 4.74 Å². The van der Waals surface area contributed by atoms with Crippen LogP contribution in [0.4, 0.5) is 10.5 Å². The molecule has 1 heterocycles. The number of nitro groups is 1. The molecule has 2 aromatic carbocycles. The molecular formula is C21H19N3O6. The Hall–Kier alpha value is -3.75. The third-order valence-corrected chi connectivity index (χ3v) is 5.48. The second-order valence-electron chi connectivity index (χ2n) is 7.32. The average Bonchev–Trinajstić information content (AvgIpc) is 2.97. The van der Waals surface area contributed by atoms with Crippen LogP contribution >= 0.6 is 0 Å². The van der Waals surface area contributed by atoms with Gasteiger partial charge in [0.05, 0.1) is 4.92 Å². The first-order valence-electron chi connectivity index (χ1n) is 9.52. The summed E-state index contributed by atoms with van der Waals surface area (Å²) in [6.45, 7) is -0.615. The molecule has 1 saturated heterocycles. The molecule has 2 aliphatic rings. The maximum Gasteiger partial charge on any atom is 0.326 e. The molecule has 2 aromatic rings. The van der Waals surface area contributed by atoms with Gasteiger partial charge in [-0.2, -0.15) is 0 Å². The largest absolute Gasteiger partial charge is 0.459 e. The number of urea groups is 1. The van der Waals surface area contributed by atoms with Gasteiger partial charge in [0.2, 0.25) is 0 Å². The molecule has 1 N–H and O–H groups in total. The molecule has 9 nitrogen and oxygen atoms in total. The molecule has 0 saturated carbocycles. The van der Waals surface area contributed by atoms with Gasteiger partial charge in [0.1, 0.15) is 18.7 Å². The summed E-state index contributed by atoms with van der Waals surface area (Å²) in [6, 6.07) is 12.5. The number of carbonyl (C=O) groups excluding carboxylic acids is 3. The topological polar surface area (TPSA) is 119 Å². The molecule has 1 aliphatic heterocycles. The summed E-state index contributed by atoms with van der Waals surface area (Å²) in [5.41, 5.74) is 1.15. The highest BCUT2D eigenvalue weighted by Gasteiger charge is 2.54. The minimum atomic E-state index is -1.13. The monoisotopic (exact) mass is 409 g/mol. The first-order valence-corrected chi connectivity index (χ1v) is 9.52. The lowest BCUT2D eigenvalue weighted by molar-refractivity contribution is -0.384. The van der Waals surface area contributed by atoms with Gasteiger partial charge in [0, 0.05) is 12.1 Å². The SMILES string of the molecule is O=C(CN1C(=O)N[C@@]2(CCCc3ccccc32)C1=O)OCc1ccc([N+](=O)[O-])cc1. The smallest absolute Gasteiger partial charge is 0.326 e. The summed E-state index contributed by atoms with van der Waals surface area (Å²) >= 11 is 0. The van der Waals surface area contributed by atoms with E-state index in [1.807, 2.05) is 24.3 Å². The van der Waals surface area contributed by atoms with Crippen LogP contribution in [0.3, 0.4) is 0 Å². The third kappa shape index (κ3) is 3.38. The minimum absolute atomic E-state index is 0.0672. The molecule has 1 atom stereocenters. The lowest BCUT2D eigenvalue weighted by Gasteiger charge is -2.33. The zero-order valence-electron chi connectivity index (χ0n) is 16.0. The van der Waals surface area contributed by atoms with Crippen LogP contribution in [0.5, 0.6) is 0 Å². The van der Waals surface area contributed by atoms with Gasteiger partial charge in [-0.05, 0) is 48.1 Å². The maximum atomic E-state index is 13.1. The standard InChI is InChI=1S/C21H19N3O6/c25-18(30-13-14-7-9-16(10-8-14)24(28)29)12-23-19(26)21(22-20(23)27)11-3-5-15-4-1-2-6-17(15)21/h1-2,4,6-10H,3,5,11-13H2,(H,22,27)/t21-/m1/s1. The number of fused-ring (bicyclic) bond motifs is 2. The van der Waals surface area contributed by atoms with Crippen LogP contribution in [-0.2, 0) is 32.9 Å². The van der Waals surface area contributed by atoms with Crippen LogP contribution in [0, 0.1) is 10.1 Å². The number of imide groups is 1. The van der Waals surface area contributed by atoms with Crippen molar-refractivity contribution in [3.05, 3.63) is 75.3 Å². The molecule has 1 fully saturated rings. The van der Waals surface area contributed by atoms with Crippen molar-refractivity contribution in [1.82, 2.24) is 10.2 Å². The van der Waals surface area contributed by atoms with Gasteiger partial charge in [0.15, 0.2) is 0 Å². The fraction of sp³-hybridized carbons (Fsp3) is 0.286. The highest BCUT2D eigenvalue weighted by Crippen LogP contribution is 2.39. The van der Waals surface area contributed by atoms with Crippen molar-refractivity contribution in [2.75, 3.05) is 6.54 Å². The van der Waals surface area contributed by atoms with Crippen molar-refractivity contribution in [2.45, 2.75) is 31.4 Å². The number of benzene rings is 2. The first-order chi connectivity index (χ1) is 14.4. The van der Waals surface area contributed by atoms with Gasteiger partial charge in [-0.1, -0.05) is 24.3 Å². The number of ether oxygens (including phenoxy) is 1. The number of esters is 1. The van der Waals surface area contributed by atoms with Crippen molar-refractivity contribution in [2.24, 2.45) is 0 Å². The highest BCUT2D eigenvalue weighted by molar-refractivity contribution is 6.09. The normalized spacial score (nSPS) is 20.1. The van der Waals surface area contributed by atoms with E-state index in [1.54, 1.807) is 0 Å². The molecule has 1 spiro atoms. The highest BCUT2D eigenvalue weighted by atomic mass is 16.6. The number of hydrogen-bond acceptors (Lipinski definition) is 6. The average molecular weight is 409 g/mol. The minimum Gasteiger partial charge on any atom is -0.459 e. The molecule has 4 rings (SSSR count). The number of carbonyl (C=O) groups is 3. The van der Waals surface area contributed by atoms with Crippen molar-refractivity contribution in [3.8, 4) is 0 Å². The zero-order chi connectivity index (χ0) is 21.3. The predicted molar refractivity (Wildman–Crippen MR) is 104 cm³/mol. The lowest BCUT2D eigenvalue weighted by atomic mass is 9.76. The molecule has 0 aromatic heterocycles. The van der Waals surface area contributed by atoms with Gasteiger partial charge in [0.25, 0.3) is 11.6 Å². The van der Waals surface area contributed by atoms with Crippen LogP contribution in [0.2, 0.25) is 0 Å². The van der Waals surface area contributed by atoms with E-state index in [-0.39, 0.29) is 12.3 Å². The first kappa shape index (κ1) is 19.6. The Morgan fingerprint density at radius 2 is 1.90 bits per heavy atom. The second-order valence-corrected chi connectivity index (χ2v) is 7.32. The van der Waals surface area contributed by atoms with Crippen LogP contribution in [0.15, 0.2) is 48.5 Å². The molecule has 9 heteroatoms. The summed E-state index contributed by atoms with van der Waals surface area (Å²) in [5, 5.41) is 13.5. The van der Waals surface area contributed by atoms with E-state index in [1.165, 1.54) is 24.3 Å². The molecule has 0 unspecified atom stereocenters. The molecule has 0 bridgehead atoms. The van der Waals surface area contributed by atoms with Crippen molar-refractivity contribution in [3.63, 3.8) is 0 Å². The van der Waals surface area contributed by atoms with Crippen molar-refractivity contribution >= 4 is 23.6 Å². The lowest BCUT2D eigenvalue weighted by Crippen LogP contribution is -2.46. The van der Waals surface area contributed by atoms with E-state index in [9.17, 15) is 24.5 Å². The molecule has 30 heavy (non-hydrogen) atoms. The number of rotatable bonds is 5. The Morgan fingerprint density at radius 1 is 1.17 bits per heavy atom. The van der Waals surface area contributed by atoms with E-state index in [2.05, 4.69) is 5.32 Å². The Labute approximate surface area is 171 Å². The predicted octanol–water partition coefficient (Wildman–Crippen LogP) is 2.42. The zero-order valence-corrected chi connectivity index (χ0v) is 16.0. The van der Waals surface area contributed by atoms with E-state index in [0.717, 1.165) is 28.9 Å². The molecule has 3 amide bonds. The van der Waals surface area contributed by atoms with Gasteiger partial charge in [-0.25, -0.2) is 4.79 Å². The van der Waals surface area contributed by atoms with E-state index >= 15 is 0 Å². The van der Waals surface area contributed by atoms with Crippen LogP contribution in [-0.4, -0.2) is 34.3 Å². The van der Waals surface area contributed by atoms with Crippen molar-refractivity contribution < 1.29 is 24.0 Å². The molecule has 1 aliphatic carbocycles. The number of aryl methyl sites for hydroxylation is 1. The van der Waals surface area contributed by atoms with Crippen LogP contribution in [0.1, 0.15) is 29.5 Å². The van der Waals surface area contributed by atoms with E-state index < -0.39 is 34.9 Å². The van der Waals surface area contributed by atoms with Gasteiger partial charge >= 0.3 is 12.0 Å². The van der Waals surface area contributed by atoms with Crippen LogP contribution < -0.4 is 5.32 Å². The van der Waals surface area contributed by atoms with Gasteiger partial charge in [-0.3, -0.25) is 24.6 Å². The van der Waals surface area contributed by atoms with Gasteiger partial charge < -0.3 is 10.1 Å². The third-order valence-electron chi connectivity index (χ3n) is 5.48. The fourth-order valence-electron chi connectivity index (χ4n) is 4.01. The number of nitro benzene ring substituents is 1. The molecule has 154 valence electrons. The Morgan fingerprint density at radius 3 is 2.63 bits per heavy atom. The molecular weight excluding hydrogens is 390 g/mol. The summed E-state index contributed by atoms with van der Waals surface area (Å²) < 4.78 is 5.15. The summed E-state index contributed by atoms with van der Waals surface area (Å²) in [5.74, 6) is -1.19. The Kier molecular flexibility index (Phi) is 4.94. The van der Waals surface area contributed by atoms with E-state index in [0.29, 0.717) is 12.0 Å². The maximum absolute atomic E-state index is 13.1. The Bertz CT molecular complexity index is 1040. The quantitative estimate of drug-likeness (QED) is 0.351. The summed E-state index contributed by atoms with van der Waals surface area (Å²) in [6.07, 6.45) is 2.06. The van der Waals surface area contributed by atoms with Crippen molar-refractivity contribution in [1.29, 1.82) is 0 Å². The van der Waals surface area contributed by atoms with Gasteiger partial charge in [-0.15, -0.1) is 0 Å². The number of nitrogens with zero attached hydrogens (tertiary/aromatic N) is 2. The summed E-state index contributed by atoms with van der Waals surface area (Å²) in [4.78, 5) is 48.9. The van der Waals surface area contributed by atoms with Crippen LogP contribution in [0.25, 0.3) is 0 Å². The summed E-state index contributed by atoms with van der Waals surface area (Å²) in [7, 11) is 0.